The molecule has 0 fully saturated rings. The number of benzene rings is 2. The molecule has 0 aliphatic heterocycles. The maximum atomic E-state index is 12.2. The Morgan fingerprint density at radius 1 is 1.07 bits per heavy atom. The highest BCUT2D eigenvalue weighted by Gasteiger charge is 2.14. The molecule has 0 atom stereocenters. The number of para-hydroxylation sites is 1. The first-order valence-electron chi connectivity index (χ1n) is 9.08. The predicted octanol–water partition coefficient (Wildman–Crippen LogP) is 3.08. The highest BCUT2D eigenvalue weighted by molar-refractivity contribution is 6.04. The summed E-state index contributed by atoms with van der Waals surface area (Å²) in [6.07, 6.45) is 0.0355. The van der Waals surface area contributed by atoms with Gasteiger partial charge in [0.15, 0.2) is 18.1 Å². The van der Waals surface area contributed by atoms with Crippen molar-refractivity contribution in [3.63, 3.8) is 0 Å². The van der Waals surface area contributed by atoms with Crippen LogP contribution < -0.4 is 5.32 Å². The van der Waals surface area contributed by atoms with Crippen LogP contribution in [-0.4, -0.2) is 33.8 Å². The van der Waals surface area contributed by atoms with E-state index >= 15 is 0 Å². The van der Waals surface area contributed by atoms with Gasteiger partial charge in [-0.2, -0.15) is 5.10 Å². The minimum atomic E-state index is -0.449. The number of H-pyrrole nitrogens is 1. The molecule has 1 amide bonds. The number of aromatic nitrogens is 3. The molecule has 0 radical (unpaired) electrons. The Balaban J connectivity index is 1.23. The van der Waals surface area contributed by atoms with Gasteiger partial charge in [0.2, 0.25) is 0 Å². The minimum Gasteiger partial charge on any atom is -0.457 e. The van der Waals surface area contributed by atoms with Crippen molar-refractivity contribution in [3.05, 3.63) is 72.1 Å². The first kappa shape index (κ1) is 18.4. The predicted molar refractivity (Wildman–Crippen MR) is 105 cm³/mol. The zero-order chi connectivity index (χ0) is 20.1. The SMILES string of the molecule is O=C(CCNC(=O)c1n[nH]c2ccccc12)OCc1cc(-c2ccccc2)no1. The zero-order valence-electron chi connectivity index (χ0n) is 15.4. The number of carbonyl (C=O) groups excluding carboxylic acids is 2. The lowest BCUT2D eigenvalue weighted by atomic mass is 10.1. The van der Waals surface area contributed by atoms with Crippen LogP contribution in [0.3, 0.4) is 0 Å². The van der Waals surface area contributed by atoms with Gasteiger partial charge in [-0.25, -0.2) is 0 Å². The Bertz CT molecular complexity index is 1130. The normalized spacial score (nSPS) is 10.8. The number of nitrogens with zero attached hydrogens (tertiary/aromatic N) is 2. The third-order valence-electron chi connectivity index (χ3n) is 4.30. The van der Waals surface area contributed by atoms with Gasteiger partial charge >= 0.3 is 5.97 Å². The fourth-order valence-corrected chi connectivity index (χ4v) is 2.85. The molecule has 0 unspecified atom stereocenters. The molecule has 29 heavy (non-hydrogen) atoms. The second-order valence-corrected chi connectivity index (χ2v) is 6.33. The number of fused-ring (bicyclic) bond motifs is 1. The molecular formula is C21H18N4O4. The molecule has 0 aliphatic carbocycles. The molecule has 0 bridgehead atoms. The van der Waals surface area contributed by atoms with Gasteiger partial charge in [0.1, 0.15) is 5.69 Å². The first-order chi connectivity index (χ1) is 14.2. The van der Waals surface area contributed by atoms with Gasteiger partial charge in [0.05, 0.1) is 11.9 Å². The lowest BCUT2D eigenvalue weighted by molar-refractivity contribution is -0.145. The molecule has 2 aromatic carbocycles. The van der Waals surface area contributed by atoms with Crippen LogP contribution in [0.2, 0.25) is 0 Å². The Morgan fingerprint density at radius 3 is 2.72 bits per heavy atom. The summed E-state index contributed by atoms with van der Waals surface area (Å²) in [5.41, 5.74) is 2.67. The van der Waals surface area contributed by atoms with Gasteiger partial charge in [0.25, 0.3) is 5.91 Å². The van der Waals surface area contributed by atoms with Crippen molar-refractivity contribution < 1.29 is 18.8 Å². The maximum absolute atomic E-state index is 12.2. The van der Waals surface area contributed by atoms with Crippen molar-refractivity contribution in [2.24, 2.45) is 0 Å². The van der Waals surface area contributed by atoms with Gasteiger partial charge in [-0.05, 0) is 6.07 Å². The Labute approximate surface area is 165 Å². The fourth-order valence-electron chi connectivity index (χ4n) is 2.85. The smallest absolute Gasteiger partial charge is 0.308 e. The summed E-state index contributed by atoms with van der Waals surface area (Å²) in [5, 5.41) is 14.2. The fraction of sp³-hybridized carbons (Fsp3) is 0.143. The van der Waals surface area contributed by atoms with E-state index in [1.807, 2.05) is 54.6 Å². The van der Waals surface area contributed by atoms with Crippen molar-refractivity contribution in [2.45, 2.75) is 13.0 Å². The van der Waals surface area contributed by atoms with Gasteiger partial charge in [-0.1, -0.05) is 53.7 Å². The first-order valence-corrected chi connectivity index (χ1v) is 9.08. The van der Waals surface area contributed by atoms with Crippen LogP contribution in [0, 0.1) is 0 Å². The number of amides is 1. The molecule has 2 N–H and O–H groups in total. The minimum absolute atomic E-state index is 0.0172. The summed E-state index contributed by atoms with van der Waals surface area (Å²) in [4.78, 5) is 24.2. The van der Waals surface area contributed by atoms with Crippen LogP contribution in [0.4, 0.5) is 0 Å². The molecule has 8 heteroatoms. The van der Waals surface area contributed by atoms with Crippen LogP contribution in [0.15, 0.2) is 65.2 Å². The largest absolute Gasteiger partial charge is 0.457 e. The van der Waals surface area contributed by atoms with Crippen molar-refractivity contribution in [1.82, 2.24) is 20.7 Å². The summed E-state index contributed by atoms with van der Waals surface area (Å²) in [5.74, 6) is -0.350. The summed E-state index contributed by atoms with van der Waals surface area (Å²) in [6.45, 7) is 0.126. The molecule has 4 aromatic rings. The molecule has 2 aromatic heterocycles. The second-order valence-electron chi connectivity index (χ2n) is 6.33. The molecule has 0 saturated heterocycles. The van der Waals surface area contributed by atoms with E-state index in [1.54, 1.807) is 6.07 Å². The molecule has 0 spiro atoms. The molecule has 0 aliphatic rings. The van der Waals surface area contributed by atoms with Crippen LogP contribution in [0.1, 0.15) is 22.7 Å². The van der Waals surface area contributed by atoms with Crippen LogP contribution >= 0.6 is 0 Å². The molecule has 146 valence electrons. The van der Waals surface area contributed by atoms with Gasteiger partial charge < -0.3 is 14.6 Å². The number of rotatable bonds is 7. The standard InChI is InChI=1S/C21H18N4O4/c26-19(28-13-15-12-18(25-29-15)14-6-2-1-3-7-14)10-11-22-21(27)20-16-8-4-5-9-17(16)23-24-20/h1-9,12H,10-11,13H2,(H,22,27)(H,23,24). The van der Waals surface area contributed by atoms with E-state index in [0.29, 0.717) is 17.1 Å². The Kier molecular flexibility index (Phi) is 5.33. The molecule has 4 rings (SSSR count). The lowest BCUT2D eigenvalue weighted by Crippen LogP contribution is -2.27. The van der Waals surface area contributed by atoms with E-state index in [4.69, 9.17) is 9.26 Å². The van der Waals surface area contributed by atoms with Crippen molar-refractivity contribution in [1.29, 1.82) is 0 Å². The van der Waals surface area contributed by atoms with E-state index in [-0.39, 0.29) is 25.5 Å². The van der Waals surface area contributed by atoms with Gasteiger partial charge in [0, 0.05) is 23.6 Å². The Morgan fingerprint density at radius 2 is 1.86 bits per heavy atom. The van der Waals surface area contributed by atoms with E-state index in [0.717, 1.165) is 16.5 Å². The van der Waals surface area contributed by atoms with E-state index < -0.39 is 5.97 Å². The molecule has 2 heterocycles. The average Bonchev–Trinajstić information content (AvgIpc) is 3.40. The topological polar surface area (TPSA) is 110 Å². The highest BCUT2D eigenvalue weighted by Crippen LogP contribution is 2.19. The number of aromatic amines is 1. The van der Waals surface area contributed by atoms with E-state index in [2.05, 4.69) is 20.7 Å². The molecular weight excluding hydrogens is 372 g/mol. The number of hydrogen-bond donors (Lipinski definition) is 2. The second kappa shape index (κ2) is 8.39. The highest BCUT2D eigenvalue weighted by atomic mass is 16.5. The number of nitrogens with one attached hydrogen (secondary N) is 2. The number of carbonyl (C=O) groups is 2. The Hall–Kier alpha value is -3.94. The van der Waals surface area contributed by atoms with E-state index in [1.165, 1.54) is 0 Å². The molecule has 8 nitrogen and oxygen atoms in total. The summed E-state index contributed by atoms with van der Waals surface area (Å²) < 4.78 is 10.4. The van der Waals surface area contributed by atoms with Crippen LogP contribution in [-0.2, 0) is 16.1 Å². The number of esters is 1. The summed E-state index contributed by atoms with van der Waals surface area (Å²) >= 11 is 0. The monoisotopic (exact) mass is 390 g/mol. The average molecular weight is 390 g/mol. The van der Waals surface area contributed by atoms with Gasteiger partial charge in [-0.15, -0.1) is 0 Å². The third-order valence-corrected chi connectivity index (χ3v) is 4.30. The molecule has 0 saturated carbocycles. The van der Waals surface area contributed by atoms with Crippen molar-refractivity contribution in [2.75, 3.05) is 6.54 Å². The lowest BCUT2D eigenvalue weighted by Gasteiger charge is -2.04. The quantitative estimate of drug-likeness (QED) is 0.469. The number of ether oxygens (including phenoxy) is 1. The van der Waals surface area contributed by atoms with Crippen molar-refractivity contribution >= 4 is 22.8 Å². The zero-order valence-corrected chi connectivity index (χ0v) is 15.4. The van der Waals surface area contributed by atoms with E-state index in [9.17, 15) is 9.59 Å². The summed E-state index contributed by atoms with van der Waals surface area (Å²) in [6, 6.07) is 18.6. The van der Waals surface area contributed by atoms with Gasteiger partial charge in [-0.3, -0.25) is 14.7 Å². The van der Waals surface area contributed by atoms with Crippen molar-refractivity contribution in [3.8, 4) is 11.3 Å². The maximum Gasteiger partial charge on any atom is 0.308 e. The number of hydrogen-bond acceptors (Lipinski definition) is 6. The summed E-state index contributed by atoms with van der Waals surface area (Å²) in [7, 11) is 0. The van der Waals surface area contributed by atoms with Crippen LogP contribution in [0.5, 0.6) is 0 Å². The van der Waals surface area contributed by atoms with Crippen LogP contribution in [0.25, 0.3) is 22.2 Å². The third kappa shape index (κ3) is 4.32.